The van der Waals surface area contributed by atoms with E-state index in [0.29, 0.717) is 6.54 Å². The number of benzene rings is 2. The molecule has 0 aliphatic heterocycles. The normalized spacial score (nSPS) is 10.9. The fourth-order valence-corrected chi connectivity index (χ4v) is 2.15. The molecule has 0 aliphatic carbocycles. The molecule has 84 valence electrons. The SMILES string of the molecule is CCCCc1cc(CN)cc2ccccc12. The Balaban J connectivity index is 2.50. The van der Waals surface area contributed by atoms with Crippen molar-refractivity contribution in [2.24, 2.45) is 5.73 Å². The van der Waals surface area contributed by atoms with Crippen LogP contribution in [0.15, 0.2) is 36.4 Å². The number of hydrogen-bond acceptors (Lipinski definition) is 1. The molecule has 0 aromatic heterocycles. The fourth-order valence-electron chi connectivity index (χ4n) is 2.15. The van der Waals surface area contributed by atoms with E-state index in [-0.39, 0.29) is 0 Å². The lowest BCUT2D eigenvalue weighted by molar-refractivity contribution is 0.798. The molecule has 2 aromatic carbocycles. The Morgan fingerprint density at radius 1 is 1.12 bits per heavy atom. The van der Waals surface area contributed by atoms with Crippen LogP contribution in [0.2, 0.25) is 0 Å². The van der Waals surface area contributed by atoms with Gasteiger partial charge in [-0.05, 0) is 40.8 Å². The molecule has 0 unspecified atom stereocenters. The highest BCUT2D eigenvalue weighted by Crippen LogP contribution is 2.22. The van der Waals surface area contributed by atoms with Gasteiger partial charge >= 0.3 is 0 Å². The first-order valence-electron chi connectivity index (χ1n) is 6.05. The molecule has 0 bridgehead atoms. The number of rotatable bonds is 4. The van der Waals surface area contributed by atoms with E-state index in [1.165, 1.54) is 34.7 Å². The number of aryl methyl sites for hydroxylation is 1. The van der Waals surface area contributed by atoms with Crippen LogP contribution in [0.5, 0.6) is 0 Å². The molecule has 0 amide bonds. The van der Waals surface area contributed by atoms with Crippen molar-refractivity contribution in [2.45, 2.75) is 32.7 Å². The lowest BCUT2D eigenvalue weighted by Crippen LogP contribution is -1.98. The van der Waals surface area contributed by atoms with Crippen molar-refractivity contribution in [3.05, 3.63) is 47.5 Å². The lowest BCUT2D eigenvalue weighted by atomic mass is 9.97. The zero-order valence-corrected chi connectivity index (χ0v) is 9.87. The third kappa shape index (κ3) is 2.25. The van der Waals surface area contributed by atoms with Crippen molar-refractivity contribution in [1.29, 1.82) is 0 Å². The molecule has 1 heteroatoms. The average molecular weight is 213 g/mol. The molecule has 1 nitrogen and oxygen atoms in total. The summed E-state index contributed by atoms with van der Waals surface area (Å²) < 4.78 is 0. The van der Waals surface area contributed by atoms with Gasteiger partial charge in [-0.2, -0.15) is 0 Å². The molecule has 2 N–H and O–H groups in total. The van der Waals surface area contributed by atoms with Gasteiger partial charge in [0.1, 0.15) is 0 Å². The Hall–Kier alpha value is -1.34. The summed E-state index contributed by atoms with van der Waals surface area (Å²) in [6, 6.07) is 13.0. The van der Waals surface area contributed by atoms with E-state index in [1.54, 1.807) is 0 Å². The minimum absolute atomic E-state index is 0.629. The van der Waals surface area contributed by atoms with Crippen molar-refractivity contribution in [2.75, 3.05) is 0 Å². The zero-order chi connectivity index (χ0) is 11.4. The maximum Gasteiger partial charge on any atom is 0.0178 e. The van der Waals surface area contributed by atoms with Gasteiger partial charge in [0, 0.05) is 6.54 Å². The van der Waals surface area contributed by atoms with Crippen molar-refractivity contribution in [1.82, 2.24) is 0 Å². The Bertz CT molecular complexity index is 474. The summed E-state index contributed by atoms with van der Waals surface area (Å²) in [6.45, 7) is 2.86. The van der Waals surface area contributed by atoms with Gasteiger partial charge < -0.3 is 5.73 Å². The van der Waals surface area contributed by atoms with Gasteiger partial charge in [-0.25, -0.2) is 0 Å². The predicted molar refractivity (Wildman–Crippen MR) is 70.5 cm³/mol. The van der Waals surface area contributed by atoms with Gasteiger partial charge in [0.25, 0.3) is 0 Å². The van der Waals surface area contributed by atoms with E-state index < -0.39 is 0 Å². The molecule has 2 aromatic rings. The average Bonchev–Trinajstić information content (AvgIpc) is 2.35. The van der Waals surface area contributed by atoms with Gasteiger partial charge in [0.2, 0.25) is 0 Å². The molecule has 0 atom stereocenters. The second-order valence-electron chi connectivity index (χ2n) is 4.28. The van der Waals surface area contributed by atoms with Gasteiger partial charge in [-0.3, -0.25) is 0 Å². The second-order valence-corrected chi connectivity index (χ2v) is 4.28. The first-order chi connectivity index (χ1) is 7.85. The van der Waals surface area contributed by atoms with Crippen LogP contribution in [0.1, 0.15) is 30.9 Å². The highest BCUT2D eigenvalue weighted by molar-refractivity contribution is 5.86. The van der Waals surface area contributed by atoms with Crippen LogP contribution >= 0.6 is 0 Å². The standard InChI is InChI=1S/C15H19N/c1-2-3-6-13-9-12(11-16)10-14-7-4-5-8-15(13)14/h4-5,7-10H,2-3,6,11,16H2,1H3. The maximum absolute atomic E-state index is 5.74. The number of hydrogen-bond donors (Lipinski definition) is 1. The number of nitrogens with two attached hydrogens (primary N) is 1. The Kier molecular flexibility index (Phi) is 3.58. The summed E-state index contributed by atoms with van der Waals surface area (Å²) in [6.07, 6.45) is 3.64. The third-order valence-corrected chi connectivity index (χ3v) is 3.04. The Morgan fingerprint density at radius 2 is 1.94 bits per heavy atom. The third-order valence-electron chi connectivity index (χ3n) is 3.04. The van der Waals surface area contributed by atoms with Crippen molar-refractivity contribution in [3.63, 3.8) is 0 Å². The second kappa shape index (κ2) is 5.13. The molecular formula is C15H19N. The largest absolute Gasteiger partial charge is 0.326 e. The summed E-state index contributed by atoms with van der Waals surface area (Å²) in [5.41, 5.74) is 8.42. The van der Waals surface area contributed by atoms with Gasteiger partial charge in [-0.15, -0.1) is 0 Å². The quantitative estimate of drug-likeness (QED) is 0.824. The summed E-state index contributed by atoms with van der Waals surface area (Å²) >= 11 is 0. The number of fused-ring (bicyclic) bond motifs is 1. The van der Waals surface area contributed by atoms with Gasteiger partial charge in [0.05, 0.1) is 0 Å². The summed E-state index contributed by atoms with van der Waals surface area (Å²) in [5, 5.41) is 2.70. The topological polar surface area (TPSA) is 26.0 Å². The molecule has 0 spiro atoms. The number of unbranched alkanes of at least 4 members (excludes halogenated alkanes) is 1. The summed E-state index contributed by atoms with van der Waals surface area (Å²) in [5.74, 6) is 0. The van der Waals surface area contributed by atoms with E-state index >= 15 is 0 Å². The van der Waals surface area contributed by atoms with E-state index in [2.05, 4.69) is 43.3 Å². The Labute approximate surface area is 97.3 Å². The molecule has 0 aliphatic rings. The molecule has 0 radical (unpaired) electrons. The van der Waals surface area contributed by atoms with Crippen LogP contribution in [-0.2, 0) is 13.0 Å². The van der Waals surface area contributed by atoms with Crippen molar-refractivity contribution >= 4 is 10.8 Å². The molecule has 0 saturated carbocycles. The van der Waals surface area contributed by atoms with E-state index in [1.807, 2.05) is 0 Å². The van der Waals surface area contributed by atoms with Crippen LogP contribution < -0.4 is 5.73 Å². The fraction of sp³-hybridized carbons (Fsp3) is 0.333. The molecule has 0 saturated heterocycles. The zero-order valence-electron chi connectivity index (χ0n) is 9.87. The molecule has 0 heterocycles. The lowest BCUT2D eigenvalue weighted by Gasteiger charge is -2.09. The molecule has 0 fully saturated rings. The predicted octanol–water partition coefficient (Wildman–Crippen LogP) is 3.64. The van der Waals surface area contributed by atoms with Crippen LogP contribution in [0.25, 0.3) is 10.8 Å². The van der Waals surface area contributed by atoms with Crippen molar-refractivity contribution < 1.29 is 0 Å². The van der Waals surface area contributed by atoms with Crippen LogP contribution in [0.3, 0.4) is 0 Å². The highest BCUT2D eigenvalue weighted by Gasteiger charge is 2.02. The highest BCUT2D eigenvalue weighted by atomic mass is 14.5. The minimum Gasteiger partial charge on any atom is -0.326 e. The van der Waals surface area contributed by atoms with Gasteiger partial charge in [-0.1, -0.05) is 43.7 Å². The molecule has 2 rings (SSSR count). The van der Waals surface area contributed by atoms with E-state index in [4.69, 9.17) is 5.73 Å². The van der Waals surface area contributed by atoms with E-state index in [0.717, 1.165) is 6.42 Å². The maximum atomic E-state index is 5.74. The van der Waals surface area contributed by atoms with Crippen LogP contribution in [0.4, 0.5) is 0 Å². The molecule has 16 heavy (non-hydrogen) atoms. The Morgan fingerprint density at radius 3 is 2.69 bits per heavy atom. The smallest absolute Gasteiger partial charge is 0.0178 e. The van der Waals surface area contributed by atoms with Crippen LogP contribution in [0, 0.1) is 0 Å². The first kappa shape index (κ1) is 11.2. The minimum atomic E-state index is 0.629. The first-order valence-corrected chi connectivity index (χ1v) is 6.05. The van der Waals surface area contributed by atoms with Gasteiger partial charge in [0.15, 0.2) is 0 Å². The molecular weight excluding hydrogens is 194 g/mol. The summed E-state index contributed by atoms with van der Waals surface area (Å²) in [4.78, 5) is 0. The van der Waals surface area contributed by atoms with Crippen LogP contribution in [-0.4, -0.2) is 0 Å². The summed E-state index contributed by atoms with van der Waals surface area (Å²) in [7, 11) is 0. The van der Waals surface area contributed by atoms with E-state index in [9.17, 15) is 0 Å². The monoisotopic (exact) mass is 213 g/mol. The van der Waals surface area contributed by atoms with Crippen molar-refractivity contribution in [3.8, 4) is 0 Å².